The van der Waals surface area contributed by atoms with Crippen LogP contribution in [-0.2, 0) is 0 Å². The van der Waals surface area contributed by atoms with Gasteiger partial charge in [0.1, 0.15) is 0 Å². The van der Waals surface area contributed by atoms with Crippen LogP contribution in [0.3, 0.4) is 0 Å². The largest absolute Gasteiger partial charge is 0.459 e. The molecule has 0 aliphatic heterocycles. The third-order valence-electron chi connectivity index (χ3n) is 2.12. The summed E-state index contributed by atoms with van der Waals surface area (Å²) >= 11 is 2.19. The number of rotatable bonds is 2. The van der Waals surface area contributed by atoms with Crippen LogP contribution in [0.15, 0.2) is 41.0 Å². The quantitative estimate of drug-likeness (QED) is 0.859. The normalized spacial score (nSPS) is 10.1. The Labute approximate surface area is 107 Å². The lowest BCUT2D eigenvalue weighted by Crippen LogP contribution is -2.11. The fourth-order valence-corrected chi connectivity index (χ4v) is 2.12. The van der Waals surface area contributed by atoms with E-state index in [1.807, 2.05) is 25.1 Å². The fourth-order valence-electron chi connectivity index (χ4n) is 1.31. The third-order valence-corrected chi connectivity index (χ3v) is 3.01. The molecule has 16 heavy (non-hydrogen) atoms. The Morgan fingerprint density at radius 3 is 2.81 bits per heavy atom. The first kappa shape index (κ1) is 11.2. The topological polar surface area (TPSA) is 42.2 Å². The minimum atomic E-state index is -0.230. The highest BCUT2D eigenvalue weighted by atomic mass is 127. The Hall–Kier alpha value is -1.30. The van der Waals surface area contributed by atoms with Gasteiger partial charge in [-0.15, -0.1) is 0 Å². The summed E-state index contributed by atoms with van der Waals surface area (Å²) in [4.78, 5) is 11.7. The molecule has 82 valence electrons. The van der Waals surface area contributed by atoms with Crippen LogP contribution in [-0.4, -0.2) is 5.91 Å². The number of carbonyl (C=O) groups excluding carboxylic acids is 1. The Morgan fingerprint density at radius 1 is 1.38 bits per heavy atom. The summed E-state index contributed by atoms with van der Waals surface area (Å²) in [7, 11) is 0. The number of halogens is 1. The van der Waals surface area contributed by atoms with Crippen molar-refractivity contribution in [1.29, 1.82) is 0 Å². The Bertz CT molecular complexity index is 506. The molecule has 1 aromatic carbocycles. The molecule has 4 heteroatoms. The van der Waals surface area contributed by atoms with E-state index in [0.717, 1.165) is 9.26 Å². The van der Waals surface area contributed by atoms with E-state index in [-0.39, 0.29) is 5.91 Å². The van der Waals surface area contributed by atoms with E-state index in [2.05, 4.69) is 27.9 Å². The molecule has 0 saturated carbocycles. The summed E-state index contributed by atoms with van der Waals surface area (Å²) in [5.74, 6) is 0.0862. The van der Waals surface area contributed by atoms with Crippen molar-refractivity contribution in [2.24, 2.45) is 0 Å². The minimum absolute atomic E-state index is 0.230. The maximum Gasteiger partial charge on any atom is 0.291 e. The van der Waals surface area contributed by atoms with Crippen molar-refractivity contribution in [2.45, 2.75) is 6.92 Å². The molecule has 0 saturated heterocycles. The molecule has 1 amide bonds. The highest BCUT2D eigenvalue weighted by Gasteiger charge is 2.10. The Kier molecular flexibility index (Phi) is 3.28. The van der Waals surface area contributed by atoms with E-state index in [4.69, 9.17) is 4.42 Å². The summed E-state index contributed by atoms with van der Waals surface area (Å²) in [6.07, 6.45) is 1.48. The van der Waals surface area contributed by atoms with Crippen molar-refractivity contribution in [3.63, 3.8) is 0 Å². The predicted molar refractivity (Wildman–Crippen MR) is 70.6 cm³/mol. The first-order valence-electron chi connectivity index (χ1n) is 4.78. The van der Waals surface area contributed by atoms with Crippen LogP contribution in [0.5, 0.6) is 0 Å². The average molecular weight is 327 g/mol. The van der Waals surface area contributed by atoms with Gasteiger partial charge in [0, 0.05) is 3.57 Å². The zero-order valence-corrected chi connectivity index (χ0v) is 10.8. The van der Waals surface area contributed by atoms with E-state index >= 15 is 0 Å². The molecule has 0 aliphatic carbocycles. The van der Waals surface area contributed by atoms with Crippen molar-refractivity contribution in [3.05, 3.63) is 51.5 Å². The van der Waals surface area contributed by atoms with Crippen LogP contribution < -0.4 is 5.32 Å². The summed E-state index contributed by atoms with van der Waals surface area (Å²) in [6, 6.07) is 9.18. The van der Waals surface area contributed by atoms with Gasteiger partial charge in [-0.1, -0.05) is 6.07 Å². The van der Waals surface area contributed by atoms with Crippen LogP contribution in [0.2, 0.25) is 0 Å². The molecule has 3 nitrogen and oxygen atoms in total. The molecule has 0 fully saturated rings. The molecular formula is C12H10INO2. The Balaban J connectivity index is 2.18. The number of nitrogens with one attached hydrogen (secondary N) is 1. The first-order valence-corrected chi connectivity index (χ1v) is 5.86. The maximum absolute atomic E-state index is 11.7. The monoisotopic (exact) mass is 327 g/mol. The number of hydrogen-bond acceptors (Lipinski definition) is 2. The van der Waals surface area contributed by atoms with Gasteiger partial charge in [-0.05, 0) is 59.3 Å². The van der Waals surface area contributed by atoms with Gasteiger partial charge in [-0.2, -0.15) is 0 Å². The molecular weight excluding hydrogens is 317 g/mol. The highest BCUT2D eigenvalue weighted by Crippen LogP contribution is 2.20. The number of hydrogen-bond donors (Lipinski definition) is 1. The second kappa shape index (κ2) is 4.69. The van der Waals surface area contributed by atoms with E-state index in [1.54, 1.807) is 12.1 Å². The molecule has 1 heterocycles. The van der Waals surface area contributed by atoms with E-state index in [1.165, 1.54) is 11.8 Å². The average Bonchev–Trinajstić information content (AvgIpc) is 2.75. The highest BCUT2D eigenvalue weighted by molar-refractivity contribution is 14.1. The second-order valence-electron chi connectivity index (χ2n) is 3.41. The zero-order chi connectivity index (χ0) is 11.5. The molecule has 0 radical (unpaired) electrons. The van der Waals surface area contributed by atoms with Gasteiger partial charge in [0.25, 0.3) is 5.91 Å². The zero-order valence-electron chi connectivity index (χ0n) is 8.66. The van der Waals surface area contributed by atoms with Crippen LogP contribution in [0, 0.1) is 10.5 Å². The number of carbonyl (C=O) groups is 1. The van der Waals surface area contributed by atoms with Gasteiger partial charge < -0.3 is 9.73 Å². The number of amides is 1. The van der Waals surface area contributed by atoms with Gasteiger partial charge in [0.05, 0.1) is 12.0 Å². The molecule has 2 aromatic rings. The van der Waals surface area contributed by atoms with Crippen LogP contribution in [0.25, 0.3) is 0 Å². The third kappa shape index (κ3) is 2.44. The summed E-state index contributed by atoms with van der Waals surface area (Å²) in [5, 5.41) is 2.80. The molecule has 0 spiro atoms. The lowest BCUT2D eigenvalue weighted by molar-refractivity contribution is 0.0996. The van der Waals surface area contributed by atoms with Gasteiger partial charge >= 0.3 is 0 Å². The van der Waals surface area contributed by atoms with Crippen molar-refractivity contribution in [1.82, 2.24) is 0 Å². The lowest BCUT2D eigenvalue weighted by Gasteiger charge is -2.06. The van der Waals surface area contributed by atoms with Crippen LogP contribution in [0.4, 0.5) is 5.69 Å². The molecule has 1 N–H and O–H groups in total. The summed E-state index contributed by atoms with van der Waals surface area (Å²) < 4.78 is 6.03. The molecule has 2 rings (SSSR count). The number of anilines is 1. The molecule has 0 aliphatic rings. The maximum atomic E-state index is 11.7. The fraction of sp³-hybridized carbons (Fsp3) is 0.0833. The molecule has 0 atom stereocenters. The lowest BCUT2D eigenvalue weighted by atomic mass is 10.2. The first-order chi connectivity index (χ1) is 7.66. The molecule has 1 aromatic heterocycles. The summed E-state index contributed by atoms with van der Waals surface area (Å²) in [5.41, 5.74) is 1.97. The summed E-state index contributed by atoms with van der Waals surface area (Å²) in [6.45, 7) is 2.01. The number of aryl methyl sites for hydroxylation is 1. The van der Waals surface area contributed by atoms with Gasteiger partial charge in [0.15, 0.2) is 5.76 Å². The van der Waals surface area contributed by atoms with Crippen LogP contribution >= 0.6 is 22.6 Å². The van der Waals surface area contributed by atoms with Gasteiger partial charge in [0.2, 0.25) is 0 Å². The Morgan fingerprint density at radius 2 is 2.19 bits per heavy atom. The van der Waals surface area contributed by atoms with E-state index < -0.39 is 0 Å². The van der Waals surface area contributed by atoms with Crippen molar-refractivity contribution >= 4 is 34.2 Å². The standard InChI is InChI=1S/C12H10INO2/c1-8-4-5-10(9(13)7-8)14-12(15)11-3-2-6-16-11/h2-7H,1H3,(H,14,15). The van der Waals surface area contributed by atoms with Gasteiger partial charge in [-0.25, -0.2) is 0 Å². The smallest absolute Gasteiger partial charge is 0.291 e. The molecule has 0 unspecified atom stereocenters. The van der Waals surface area contributed by atoms with Crippen molar-refractivity contribution in [3.8, 4) is 0 Å². The minimum Gasteiger partial charge on any atom is -0.459 e. The van der Waals surface area contributed by atoms with Gasteiger partial charge in [-0.3, -0.25) is 4.79 Å². The number of furan rings is 1. The molecule has 0 bridgehead atoms. The van der Waals surface area contributed by atoms with E-state index in [0.29, 0.717) is 5.76 Å². The predicted octanol–water partition coefficient (Wildman–Crippen LogP) is 3.44. The second-order valence-corrected chi connectivity index (χ2v) is 4.58. The van der Waals surface area contributed by atoms with Crippen molar-refractivity contribution < 1.29 is 9.21 Å². The SMILES string of the molecule is Cc1ccc(NC(=O)c2ccco2)c(I)c1. The van der Waals surface area contributed by atoms with E-state index in [9.17, 15) is 4.79 Å². The van der Waals surface area contributed by atoms with Crippen molar-refractivity contribution in [2.75, 3.05) is 5.32 Å². The van der Waals surface area contributed by atoms with Crippen LogP contribution in [0.1, 0.15) is 16.1 Å². The number of benzene rings is 1.